The number of hydrogen-bond acceptors (Lipinski definition) is 4. The molecule has 0 spiro atoms. The van der Waals surface area contributed by atoms with Crippen molar-refractivity contribution >= 4 is 12.0 Å². The predicted octanol–water partition coefficient (Wildman–Crippen LogP) is 1.18. The van der Waals surface area contributed by atoms with Gasteiger partial charge in [0.05, 0.1) is 6.10 Å². The third-order valence-corrected chi connectivity index (χ3v) is 2.22. The average Bonchev–Trinajstić information content (AvgIpc) is 2.41. The van der Waals surface area contributed by atoms with E-state index in [-0.39, 0.29) is 19.2 Å². The molecule has 0 aromatic heterocycles. The van der Waals surface area contributed by atoms with Crippen LogP contribution in [-0.4, -0.2) is 37.6 Å². The highest BCUT2D eigenvalue weighted by Crippen LogP contribution is 2.12. The molecule has 0 aliphatic rings. The predicted molar refractivity (Wildman–Crippen MR) is 72.7 cm³/mol. The standard InChI is InChI=1S/C14H19NO4/c1-11(16)9-15-14(17)8-5-12-3-6-13(7-4-12)19-10-18-2/h3-8,11,16H,9-10H2,1-2H3,(H,15,17)/b8-5+. The van der Waals surface area contributed by atoms with Crippen LogP contribution in [0.5, 0.6) is 5.75 Å². The molecule has 19 heavy (non-hydrogen) atoms. The fraction of sp³-hybridized carbons (Fsp3) is 0.357. The molecule has 0 saturated heterocycles. The Hall–Kier alpha value is -1.85. The molecule has 0 saturated carbocycles. The summed E-state index contributed by atoms with van der Waals surface area (Å²) in [6.07, 6.45) is 2.57. The first-order chi connectivity index (χ1) is 9.11. The average molecular weight is 265 g/mol. The second-order valence-corrected chi connectivity index (χ2v) is 4.05. The molecule has 1 aromatic rings. The molecule has 0 bridgehead atoms. The lowest BCUT2D eigenvalue weighted by Crippen LogP contribution is -2.28. The Morgan fingerprint density at radius 1 is 1.42 bits per heavy atom. The van der Waals surface area contributed by atoms with Gasteiger partial charge < -0.3 is 19.9 Å². The summed E-state index contributed by atoms with van der Waals surface area (Å²) in [5, 5.41) is 11.6. The molecule has 2 N–H and O–H groups in total. The Morgan fingerprint density at radius 2 is 2.11 bits per heavy atom. The van der Waals surface area contributed by atoms with Crippen molar-refractivity contribution in [1.82, 2.24) is 5.32 Å². The largest absolute Gasteiger partial charge is 0.468 e. The first-order valence-electron chi connectivity index (χ1n) is 5.97. The zero-order valence-corrected chi connectivity index (χ0v) is 11.1. The zero-order valence-electron chi connectivity index (χ0n) is 11.1. The minimum atomic E-state index is -0.547. The van der Waals surface area contributed by atoms with Gasteiger partial charge in [-0.25, -0.2) is 0 Å². The van der Waals surface area contributed by atoms with Crippen molar-refractivity contribution in [2.24, 2.45) is 0 Å². The van der Waals surface area contributed by atoms with Gasteiger partial charge >= 0.3 is 0 Å². The van der Waals surface area contributed by atoms with E-state index in [4.69, 9.17) is 14.6 Å². The molecular weight excluding hydrogens is 246 g/mol. The maximum atomic E-state index is 11.4. The van der Waals surface area contributed by atoms with Crippen LogP contribution in [0.4, 0.5) is 0 Å². The van der Waals surface area contributed by atoms with Crippen LogP contribution in [0.2, 0.25) is 0 Å². The van der Waals surface area contributed by atoms with Gasteiger partial charge in [-0.2, -0.15) is 0 Å². The molecule has 0 heterocycles. The Bertz CT molecular complexity index is 412. The van der Waals surface area contributed by atoms with Crippen LogP contribution in [-0.2, 0) is 9.53 Å². The van der Waals surface area contributed by atoms with Crippen LogP contribution in [0, 0.1) is 0 Å². The summed E-state index contributed by atoms with van der Waals surface area (Å²) in [7, 11) is 1.56. The molecule has 0 aliphatic carbocycles. The van der Waals surface area contributed by atoms with E-state index in [1.165, 1.54) is 6.08 Å². The Morgan fingerprint density at radius 3 is 2.68 bits per heavy atom. The summed E-state index contributed by atoms with van der Waals surface area (Å²) >= 11 is 0. The molecule has 0 fully saturated rings. The number of carbonyl (C=O) groups is 1. The first kappa shape index (κ1) is 15.2. The van der Waals surface area contributed by atoms with E-state index in [1.807, 2.05) is 12.1 Å². The van der Waals surface area contributed by atoms with Crippen LogP contribution in [0.15, 0.2) is 30.3 Å². The number of methoxy groups -OCH3 is 1. The molecule has 5 heteroatoms. The van der Waals surface area contributed by atoms with Gasteiger partial charge in [0.15, 0.2) is 6.79 Å². The van der Waals surface area contributed by atoms with Crippen molar-refractivity contribution in [3.63, 3.8) is 0 Å². The second kappa shape index (κ2) is 8.29. The normalized spacial score (nSPS) is 12.4. The topological polar surface area (TPSA) is 67.8 Å². The van der Waals surface area contributed by atoms with Crippen molar-refractivity contribution in [3.8, 4) is 5.75 Å². The quantitative estimate of drug-likeness (QED) is 0.574. The smallest absolute Gasteiger partial charge is 0.244 e. The Balaban J connectivity index is 2.45. The molecule has 0 radical (unpaired) electrons. The van der Waals surface area contributed by atoms with Crippen LogP contribution < -0.4 is 10.1 Å². The number of amides is 1. The minimum Gasteiger partial charge on any atom is -0.468 e. The SMILES string of the molecule is COCOc1ccc(/C=C/C(=O)NCC(C)O)cc1. The number of carbonyl (C=O) groups excluding carboxylic acids is 1. The number of nitrogens with one attached hydrogen (secondary N) is 1. The summed E-state index contributed by atoms with van der Waals surface area (Å²) in [6.45, 7) is 2.06. The molecule has 1 rings (SSSR count). The summed E-state index contributed by atoms with van der Waals surface area (Å²) in [4.78, 5) is 11.4. The second-order valence-electron chi connectivity index (χ2n) is 4.05. The highest BCUT2D eigenvalue weighted by molar-refractivity contribution is 5.91. The molecule has 5 nitrogen and oxygen atoms in total. The summed E-state index contributed by atoms with van der Waals surface area (Å²) in [6, 6.07) is 7.27. The van der Waals surface area contributed by atoms with Crippen LogP contribution >= 0.6 is 0 Å². The summed E-state index contributed by atoms with van der Waals surface area (Å²) in [5.41, 5.74) is 0.886. The lowest BCUT2D eigenvalue weighted by Gasteiger charge is -2.05. The molecule has 1 atom stereocenters. The van der Waals surface area contributed by atoms with Crippen molar-refractivity contribution < 1.29 is 19.4 Å². The van der Waals surface area contributed by atoms with Crippen molar-refractivity contribution in [2.45, 2.75) is 13.0 Å². The van der Waals surface area contributed by atoms with Crippen LogP contribution in [0.25, 0.3) is 6.08 Å². The Kier molecular flexibility index (Phi) is 6.63. The fourth-order valence-corrected chi connectivity index (χ4v) is 1.28. The number of aliphatic hydroxyl groups is 1. The van der Waals surface area contributed by atoms with Gasteiger partial charge in [0.25, 0.3) is 0 Å². The van der Waals surface area contributed by atoms with Crippen molar-refractivity contribution in [2.75, 3.05) is 20.4 Å². The number of hydrogen-bond donors (Lipinski definition) is 2. The summed E-state index contributed by atoms with van der Waals surface area (Å²) < 4.78 is 10.0. The molecule has 0 aliphatic heterocycles. The maximum absolute atomic E-state index is 11.4. The van der Waals surface area contributed by atoms with Crippen LogP contribution in [0.3, 0.4) is 0 Å². The highest BCUT2D eigenvalue weighted by atomic mass is 16.7. The molecule has 1 aromatic carbocycles. The van der Waals surface area contributed by atoms with Gasteiger partial charge in [0.1, 0.15) is 5.75 Å². The molecule has 104 valence electrons. The number of aliphatic hydroxyl groups excluding tert-OH is 1. The van der Waals surface area contributed by atoms with Gasteiger partial charge in [-0.3, -0.25) is 4.79 Å². The summed E-state index contributed by atoms with van der Waals surface area (Å²) in [5.74, 6) is 0.471. The zero-order chi connectivity index (χ0) is 14.1. The van der Waals surface area contributed by atoms with E-state index in [0.717, 1.165) is 5.56 Å². The maximum Gasteiger partial charge on any atom is 0.244 e. The third kappa shape index (κ3) is 6.59. The van der Waals surface area contributed by atoms with Gasteiger partial charge in [0, 0.05) is 19.7 Å². The van der Waals surface area contributed by atoms with E-state index in [2.05, 4.69) is 5.32 Å². The molecular formula is C14H19NO4. The van der Waals surface area contributed by atoms with Gasteiger partial charge in [-0.15, -0.1) is 0 Å². The first-order valence-corrected chi connectivity index (χ1v) is 5.97. The molecule has 1 unspecified atom stereocenters. The minimum absolute atomic E-state index is 0.205. The highest BCUT2D eigenvalue weighted by Gasteiger charge is 1.98. The Labute approximate surface area is 112 Å². The van der Waals surface area contributed by atoms with Gasteiger partial charge in [0.2, 0.25) is 5.91 Å². The van der Waals surface area contributed by atoms with Crippen molar-refractivity contribution in [3.05, 3.63) is 35.9 Å². The lowest BCUT2D eigenvalue weighted by atomic mass is 10.2. The van der Waals surface area contributed by atoms with Gasteiger partial charge in [-0.05, 0) is 30.7 Å². The van der Waals surface area contributed by atoms with Crippen molar-refractivity contribution in [1.29, 1.82) is 0 Å². The van der Waals surface area contributed by atoms with E-state index >= 15 is 0 Å². The van der Waals surface area contributed by atoms with E-state index in [9.17, 15) is 4.79 Å². The number of benzene rings is 1. The van der Waals surface area contributed by atoms with E-state index in [0.29, 0.717) is 5.75 Å². The van der Waals surface area contributed by atoms with E-state index in [1.54, 1.807) is 32.2 Å². The number of rotatable bonds is 7. The third-order valence-electron chi connectivity index (χ3n) is 2.22. The lowest BCUT2D eigenvalue weighted by molar-refractivity contribution is -0.116. The number of ether oxygens (including phenoxy) is 2. The monoisotopic (exact) mass is 265 g/mol. The van der Waals surface area contributed by atoms with Gasteiger partial charge in [-0.1, -0.05) is 12.1 Å². The van der Waals surface area contributed by atoms with Crippen LogP contribution in [0.1, 0.15) is 12.5 Å². The fourth-order valence-electron chi connectivity index (χ4n) is 1.28. The van der Waals surface area contributed by atoms with E-state index < -0.39 is 6.10 Å². The molecule has 1 amide bonds.